The number of anilines is 1. The molecule has 0 radical (unpaired) electrons. The molecular formula is C12H14BrClN2O. The number of carbonyl (C=O) groups is 1. The Labute approximate surface area is 114 Å². The second-order valence-electron chi connectivity index (χ2n) is 4.17. The molecule has 0 bridgehead atoms. The Bertz CT molecular complexity index is 425. The van der Waals surface area contributed by atoms with Gasteiger partial charge in [0.1, 0.15) is 0 Å². The Kier molecular flexibility index (Phi) is 4.29. The Morgan fingerprint density at radius 2 is 2.29 bits per heavy atom. The van der Waals surface area contributed by atoms with E-state index >= 15 is 0 Å². The molecule has 92 valence electrons. The van der Waals surface area contributed by atoms with Crippen molar-refractivity contribution in [3.05, 3.63) is 27.7 Å². The van der Waals surface area contributed by atoms with Crippen molar-refractivity contribution in [1.82, 2.24) is 5.32 Å². The van der Waals surface area contributed by atoms with Crippen LogP contribution in [0.5, 0.6) is 0 Å². The van der Waals surface area contributed by atoms with Crippen molar-refractivity contribution in [3.8, 4) is 0 Å². The Morgan fingerprint density at radius 1 is 1.47 bits per heavy atom. The van der Waals surface area contributed by atoms with Crippen LogP contribution in [0.25, 0.3) is 0 Å². The number of hydrogen-bond acceptors (Lipinski definition) is 2. The fraction of sp³-hybridized carbons (Fsp3) is 0.417. The first-order valence-corrected chi connectivity index (χ1v) is 6.80. The second kappa shape index (κ2) is 5.74. The molecule has 1 aromatic carbocycles. The van der Waals surface area contributed by atoms with Crippen molar-refractivity contribution in [1.29, 1.82) is 0 Å². The van der Waals surface area contributed by atoms with E-state index in [2.05, 4.69) is 26.6 Å². The predicted octanol–water partition coefficient (Wildman–Crippen LogP) is 3.18. The van der Waals surface area contributed by atoms with Crippen LogP contribution in [-0.4, -0.2) is 18.5 Å². The first kappa shape index (κ1) is 12.7. The summed E-state index contributed by atoms with van der Waals surface area (Å²) in [6, 6.07) is 5.90. The van der Waals surface area contributed by atoms with E-state index in [1.54, 1.807) is 0 Å². The van der Waals surface area contributed by atoms with Crippen LogP contribution in [0.3, 0.4) is 0 Å². The molecule has 17 heavy (non-hydrogen) atoms. The van der Waals surface area contributed by atoms with Gasteiger partial charge in [0, 0.05) is 29.2 Å². The van der Waals surface area contributed by atoms with Crippen molar-refractivity contribution in [2.75, 3.05) is 11.9 Å². The number of nitrogens with one attached hydrogen (secondary N) is 2. The molecule has 1 aromatic rings. The third kappa shape index (κ3) is 3.61. The second-order valence-corrected chi connectivity index (χ2v) is 5.43. The molecule has 2 rings (SSSR count). The van der Waals surface area contributed by atoms with Crippen LogP contribution in [0.1, 0.15) is 19.3 Å². The van der Waals surface area contributed by atoms with Crippen LogP contribution in [0.2, 0.25) is 5.02 Å². The highest BCUT2D eigenvalue weighted by molar-refractivity contribution is 9.10. The van der Waals surface area contributed by atoms with Gasteiger partial charge in [0.15, 0.2) is 0 Å². The summed E-state index contributed by atoms with van der Waals surface area (Å²) in [6.45, 7) is 0.779. The summed E-state index contributed by atoms with van der Waals surface area (Å²) < 4.78 is 0.863. The molecule has 2 N–H and O–H groups in total. The standard InChI is InChI=1S/C12H14BrClN2O/c13-10-6-9(3-4-11(10)14)16-8-2-1-5-15-12(17)7-8/h3-4,6,8,16H,1-2,5,7H2,(H,15,17). The van der Waals surface area contributed by atoms with Gasteiger partial charge in [-0.2, -0.15) is 0 Å². The van der Waals surface area contributed by atoms with Crippen molar-refractivity contribution in [3.63, 3.8) is 0 Å². The predicted molar refractivity (Wildman–Crippen MR) is 73.4 cm³/mol. The van der Waals surface area contributed by atoms with Crippen molar-refractivity contribution in [2.24, 2.45) is 0 Å². The number of amides is 1. The molecular weight excluding hydrogens is 304 g/mol. The van der Waals surface area contributed by atoms with Gasteiger partial charge in [-0.1, -0.05) is 11.6 Å². The smallest absolute Gasteiger partial charge is 0.222 e. The van der Waals surface area contributed by atoms with Gasteiger partial charge in [0.2, 0.25) is 5.91 Å². The molecule has 1 unspecified atom stereocenters. The molecule has 0 aliphatic carbocycles. The Morgan fingerprint density at radius 3 is 3.06 bits per heavy atom. The minimum atomic E-state index is 0.119. The topological polar surface area (TPSA) is 41.1 Å². The van der Waals surface area contributed by atoms with Crippen LogP contribution in [-0.2, 0) is 4.79 Å². The lowest BCUT2D eigenvalue weighted by molar-refractivity contribution is -0.120. The maximum Gasteiger partial charge on any atom is 0.222 e. The molecule has 0 aromatic heterocycles. The summed E-state index contributed by atoms with van der Waals surface area (Å²) in [5.74, 6) is 0.119. The minimum absolute atomic E-state index is 0.119. The average Bonchev–Trinajstić information content (AvgIpc) is 2.48. The fourth-order valence-corrected chi connectivity index (χ4v) is 2.42. The molecule has 1 saturated heterocycles. The lowest BCUT2D eigenvalue weighted by Gasteiger charge is -2.16. The molecule has 1 aliphatic heterocycles. The van der Waals surface area contributed by atoms with Gasteiger partial charge in [-0.3, -0.25) is 4.79 Å². The third-order valence-corrected chi connectivity index (χ3v) is 3.99. The number of halogens is 2. The largest absolute Gasteiger partial charge is 0.382 e. The summed E-state index contributed by atoms with van der Waals surface area (Å²) in [4.78, 5) is 11.4. The monoisotopic (exact) mass is 316 g/mol. The van der Waals surface area contributed by atoms with Crippen LogP contribution >= 0.6 is 27.5 Å². The van der Waals surface area contributed by atoms with Gasteiger partial charge in [0.05, 0.1) is 5.02 Å². The van der Waals surface area contributed by atoms with Crippen LogP contribution in [0, 0.1) is 0 Å². The first-order valence-electron chi connectivity index (χ1n) is 5.63. The number of rotatable bonds is 2. The Hall–Kier alpha value is -0.740. The maximum atomic E-state index is 11.4. The van der Waals surface area contributed by atoms with E-state index in [1.165, 1.54) is 0 Å². The first-order chi connectivity index (χ1) is 8.15. The molecule has 1 heterocycles. The number of carbonyl (C=O) groups excluding carboxylic acids is 1. The maximum absolute atomic E-state index is 11.4. The molecule has 0 saturated carbocycles. The number of benzene rings is 1. The zero-order chi connectivity index (χ0) is 12.3. The SMILES string of the molecule is O=C1CC(Nc2ccc(Cl)c(Br)c2)CCCN1. The van der Waals surface area contributed by atoms with Crippen molar-refractivity contribution < 1.29 is 4.79 Å². The molecule has 5 heteroatoms. The van der Waals surface area contributed by atoms with Gasteiger partial charge in [-0.25, -0.2) is 0 Å². The summed E-state index contributed by atoms with van der Waals surface area (Å²) >= 11 is 9.32. The average molecular weight is 318 g/mol. The molecule has 3 nitrogen and oxygen atoms in total. The van der Waals surface area contributed by atoms with Crippen LogP contribution < -0.4 is 10.6 Å². The molecule has 1 fully saturated rings. The van der Waals surface area contributed by atoms with E-state index in [0.717, 1.165) is 29.5 Å². The van der Waals surface area contributed by atoms with Crippen LogP contribution in [0.15, 0.2) is 22.7 Å². The van der Waals surface area contributed by atoms with E-state index in [1.807, 2.05) is 18.2 Å². The number of hydrogen-bond donors (Lipinski definition) is 2. The summed E-state index contributed by atoms with van der Waals surface area (Å²) in [5.41, 5.74) is 0.987. The minimum Gasteiger partial charge on any atom is -0.382 e. The van der Waals surface area contributed by atoms with Gasteiger partial charge in [0.25, 0.3) is 0 Å². The van der Waals surface area contributed by atoms with E-state index in [0.29, 0.717) is 11.4 Å². The van der Waals surface area contributed by atoms with Gasteiger partial charge in [-0.05, 0) is 47.0 Å². The normalized spacial score (nSPS) is 20.6. The third-order valence-electron chi connectivity index (χ3n) is 2.77. The quantitative estimate of drug-likeness (QED) is 0.879. The highest BCUT2D eigenvalue weighted by Gasteiger charge is 2.17. The van der Waals surface area contributed by atoms with E-state index in [-0.39, 0.29) is 11.9 Å². The van der Waals surface area contributed by atoms with Crippen molar-refractivity contribution >= 4 is 39.1 Å². The lowest BCUT2D eigenvalue weighted by atomic mass is 10.1. The van der Waals surface area contributed by atoms with E-state index in [4.69, 9.17) is 11.6 Å². The zero-order valence-electron chi connectivity index (χ0n) is 9.30. The summed E-state index contributed by atoms with van der Waals surface area (Å²) in [5, 5.41) is 6.93. The molecule has 1 atom stereocenters. The highest BCUT2D eigenvalue weighted by Crippen LogP contribution is 2.26. The summed E-state index contributed by atoms with van der Waals surface area (Å²) in [6.07, 6.45) is 2.54. The van der Waals surface area contributed by atoms with E-state index < -0.39 is 0 Å². The fourth-order valence-electron chi connectivity index (χ4n) is 1.92. The molecule has 1 amide bonds. The highest BCUT2D eigenvalue weighted by atomic mass is 79.9. The van der Waals surface area contributed by atoms with Gasteiger partial charge in [-0.15, -0.1) is 0 Å². The zero-order valence-corrected chi connectivity index (χ0v) is 11.6. The van der Waals surface area contributed by atoms with Crippen molar-refractivity contribution in [2.45, 2.75) is 25.3 Å². The molecule has 1 aliphatic rings. The summed E-state index contributed by atoms with van der Waals surface area (Å²) in [7, 11) is 0. The molecule has 0 spiro atoms. The van der Waals surface area contributed by atoms with Gasteiger partial charge < -0.3 is 10.6 Å². The van der Waals surface area contributed by atoms with E-state index in [9.17, 15) is 4.79 Å². The Balaban J connectivity index is 2.03. The van der Waals surface area contributed by atoms with Crippen LogP contribution in [0.4, 0.5) is 5.69 Å². The van der Waals surface area contributed by atoms with Gasteiger partial charge >= 0.3 is 0 Å². The lowest BCUT2D eigenvalue weighted by Crippen LogP contribution is -2.26.